The quantitative estimate of drug-likeness (QED) is 0.823. The number of carbonyl (C=O) groups is 2. The lowest BCUT2D eigenvalue weighted by Crippen LogP contribution is -2.26. The maximum Gasteiger partial charge on any atom is 0.407 e. The highest BCUT2D eigenvalue weighted by molar-refractivity contribution is 5.68. The first-order valence-corrected chi connectivity index (χ1v) is 6.31. The monoisotopic (exact) mass is 263 g/mol. The molecule has 0 aromatic heterocycles. The maximum absolute atomic E-state index is 11.4. The van der Waals surface area contributed by atoms with Crippen molar-refractivity contribution in [3.8, 4) is 0 Å². The van der Waals surface area contributed by atoms with Gasteiger partial charge in [0.2, 0.25) is 0 Å². The van der Waals surface area contributed by atoms with Crippen LogP contribution in [0.1, 0.15) is 18.4 Å². The number of hydrogen-bond donors (Lipinski definition) is 2. The minimum Gasteiger partial charge on any atom is -0.481 e. The molecule has 0 bridgehead atoms. The molecule has 1 aromatic rings. The van der Waals surface area contributed by atoms with Crippen LogP contribution in [-0.4, -0.2) is 23.7 Å². The second kappa shape index (κ2) is 6.22. The van der Waals surface area contributed by atoms with Gasteiger partial charge in [-0.1, -0.05) is 30.3 Å². The zero-order valence-corrected chi connectivity index (χ0v) is 10.5. The van der Waals surface area contributed by atoms with Crippen molar-refractivity contribution in [3.63, 3.8) is 0 Å². The van der Waals surface area contributed by atoms with Crippen LogP contribution in [0.25, 0.3) is 0 Å². The van der Waals surface area contributed by atoms with Gasteiger partial charge in [-0.3, -0.25) is 4.79 Å². The molecule has 1 saturated carbocycles. The Morgan fingerprint density at radius 1 is 1.26 bits per heavy atom. The van der Waals surface area contributed by atoms with Crippen LogP contribution in [0.5, 0.6) is 0 Å². The van der Waals surface area contributed by atoms with E-state index >= 15 is 0 Å². The number of carboxylic acids is 1. The number of aliphatic carboxylic acids is 1. The van der Waals surface area contributed by atoms with Crippen LogP contribution >= 0.6 is 0 Å². The summed E-state index contributed by atoms with van der Waals surface area (Å²) in [7, 11) is 0. The first-order valence-electron chi connectivity index (χ1n) is 6.31. The Labute approximate surface area is 111 Å². The van der Waals surface area contributed by atoms with Gasteiger partial charge in [-0.05, 0) is 23.8 Å². The van der Waals surface area contributed by atoms with Crippen LogP contribution in [0.15, 0.2) is 30.3 Å². The van der Waals surface area contributed by atoms with Crippen molar-refractivity contribution in [1.82, 2.24) is 5.32 Å². The molecule has 0 aliphatic heterocycles. The number of nitrogens with one attached hydrogen (secondary N) is 1. The third kappa shape index (κ3) is 4.62. The third-order valence-corrected chi connectivity index (χ3v) is 3.23. The minimum absolute atomic E-state index is 0.186. The van der Waals surface area contributed by atoms with Gasteiger partial charge in [0, 0.05) is 13.0 Å². The van der Waals surface area contributed by atoms with Gasteiger partial charge in [0.1, 0.15) is 6.61 Å². The van der Waals surface area contributed by atoms with E-state index in [4.69, 9.17) is 9.84 Å². The number of alkyl carbamates (subject to hydrolysis) is 1. The number of ether oxygens (including phenoxy) is 1. The van der Waals surface area contributed by atoms with Gasteiger partial charge in [-0.2, -0.15) is 0 Å². The Morgan fingerprint density at radius 2 is 2.00 bits per heavy atom. The van der Waals surface area contributed by atoms with Crippen molar-refractivity contribution in [3.05, 3.63) is 35.9 Å². The van der Waals surface area contributed by atoms with E-state index in [0.29, 0.717) is 6.54 Å². The van der Waals surface area contributed by atoms with Crippen LogP contribution < -0.4 is 5.32 Å². The van der Waals surface area contributed by atoms with Crippen LogP contribution in [0, 0.1) is 11.8 Å². The van der Waals surface area contributed by atoms with Crippen molar-refractivity contribution in [1.29, 1.82) is 0 Å². The standard InChI is InChI=1S/C14H17NO4/c16-13(17)7-11-6-12(11)8-15-14(18)19-9-10-4-2-1-3-5-10/h1-5,11-12H,6-9H2,(H,15,18)(H,16,17)/t11-,12+/m0/s1. The van der Waals surface area contributed by atoms with E-state index in [-0.39, 0.29) is 24.9 Å². The molecule has 1 aliphatic rings. The van der Waals surface area contributed by atoms with Crippen molar-refractivity contribution in [2.75, 3.05) is 6.54 Å². The van der Waals surface area contributed by atoms with E-state index < -0.39 is 12.1 Å². The van der Waals surface area contributed by atoms with Crippen molar-refractivity contribution < 1.29 is 19.4 Å². The number of amides is 1. The molecule has 0 saturated heterocycles. The second-order valence-corrected chi connectivity index (χ2v) is 4.80. The van der Waals surface area contributed by atoms with Gasteiger partial charge in [-0.25, -0.2) is 4.79 Å². The molecule has 0 radical (unpaired) electrons. The summed E-state index contributed by atoms with van der Waals surface area (Å²) in [6, 6.07) is 9.45. The molecule has 102 valence electrons. The highest BCUT2D eigenvalue weighted by Crippen LogP contribution is 2.40. The number of benzene rings is 1. The fraction of sp³-hybridized carbons (Fsp3) is 0.429. The Kier molecular flexibility index (Phi) is 4.39. The summed E-state index contributed by atoms with van der Waals surface area (Å²) in [5.41, 5.74) is 0.938. The second-order valence-electron chi connectivity index (χ2n) is 4.80. The van der Waals surface area contributed by atoms with Gasteiger partial charge >= 0.3 is 12.1 Å². The lowest BCUT2D eigenvalue weighted by Gasteiger charge is -2.06. The summed E-state index contributed by atoms with van der Waals surface area (Å²) in [6.07, 6.45) is 0.598. The predicted molar refractivity (Wildman–Crippen MR) is 68.5 cm³/mol. The molecule has 0 spiro atoms. The summed E-state index contributed by atoms with van der Waals surface area (Å²) in [6.45, 7) is 0.738. The molecular formula is C14H17NO4. The number of rotatable bonds is 6. The Balaban J connectivity index is 1.60. The molecule has 0 heterocycles. The summed E-state index contributed by atoms with van der Waals surface area (Å²) < 4.78 is 5.06. The molecule has 2 atom stereocenters. The number of carbonyl (C=O) groups excluding carboxylic acids is 1. The van der Waals surface area contributed by atoms with Crippen LogP contribution in [-0.2, 0) is 16.1 Å². The molecule has 1 amide bonds. The molecule has 19 heavy (non-hydrogen) atoms. The third-order valence-electron chi connectivity index (χ3n) is 3.23. The smallest absolute Gasteiger partial charge is 0.407 e. The molecule has 1 fully saturated rings. The topological polar surface area (TPSA) is 75.6 Å². The lowest BCUT2D eigenvalue weighted by atomic mass is 10.2. The Hall–Kier alpha value is -2.04. The van der Waals surface area contributed by atoms with E-state index in [9.17, 15) is 9.59 Å². The van der Waals surface area contributed by atoms with Gasteiger partial charge < -0.3 is 15.2 Å². The molecule has 2 N–H and O–H groups in total. The number of carboxylic acid groups (broad SMARTS) is 1. The minimum atomic E-state index is -0.779. The van der Waals surface area contributed by atoms with E-state index in [1.165, 1.54) is 0 Å². The molecule has 1 aliphatic carbocycles. The largest absolute Gasteiger partial charge is 0.481 e. The summed E-state index contributed by atoms with van der Waals surface area (Å²) in [5, 5.41) is 11.3. The highest BCUT2D eigenvalue weighted by Gasteiger charge is 2.38. The van der Waals surface area contributed by atoms with Crippen LogP contribution in [0.4, 0.5) is 4.79 Å². The van der Waals surface area contributed by atoms with E-state index in [2.05, 4.69) is 5.32 Å². The highest BCUT2D eigenvalue weighted by atomic mass is 16.5. The lowest BCUT2D eigenvalue weighted by molar-refractivity contribution is -0.137. The Morgan fingerprint density at radius 3 is 2.68 bits per heavy atom. The maximum atomic E-state index is 11.4. The first kappa shape index (κ1) is 13.4. The molecule has 5 nitrogen and oxygen atoms in total. The predicted octanol–water partition coefficient (Wildman–Crippen LogP) is 2.02. The fourth-order valence-electron chi connectivity index (χ4n) is 2.02. The van der Waals surface area contributed by atoms with E-state index in [1.807, 2.05) is 30.3 Å². The fourth-order valence-corrected chi connectivity index (χ4v) is 2.02. The first-order chi connectivity index (χ1) is 9.15. The zero-order valence-electron chi connectivity index (χ0n) is 10.5. The summed E-state index contributed by atoms with van der Waals surface area (Å²) >= 11 is 0. The van der Waals surface area contributed by atoms with Gasteiger partial charge in [-0.15, -0.1) is 0 Å². The summed E-state index contributed by atoms with van der Waals surface area (Å²) in [4.78, 5) is 21.9. The van der Waals surface area contributed by atoms with E-state index in [0.717, 1.165) is 12.0 Å². The average Bonchev–Trinajstić information content (AvgIpc) is 3.12. The Bertz CT molecular complexity index is 446. The van der Waals surface area contributed by atoms with Crippen molar-refractivity contribution >= 4 is 12.1 Å². The summed E-state index contributed by atoms with van der Waals surface area (Å²) in [5.74, 6) is -0.300. The average molecular weight is 263 g/mol. The van der Waals surface area contributed by atoms with Gasteiger partial charge in [0.05, 0.1) is 0 Å². The van der Waals surface area contributed by atoms with Gasteiger partial charge in [0.25, 0.3) is 0 Å². The molecule has 2 rings (SSSR count). The normalized spacial score (nSPS) is 20.6. The molecular weight excluding hydrogens is 246 g/mol. The zero-order chi connectivity index (χ0) is 13.7. The molecule has 5 heteroatoms. The SMILES string of the molecule is O=C(O)C[C@@H]1C[C@@H]1CNC(=O)OCc1ccccc1. The van der Waals surface area contributed by atoms with Crippen molar-refractivity contribution in [2.45, 2.75) is 19.4 Å². The van der Waals surface area contributed by atoms with E-state index in [1.54, 1.807) is 0 Å². The van der Waals surface area contributed by atoms with Crippen molar-refractivity contribution in [2.24, 2.45) is 11.8 Å². The van der Waals surface area contributed by atoms with Gasteiger partial charge in [0.15, 0.2) is 0 Å². The molecule has 0 unspecified atom stereocenters. The molecule has 1 aromatic carbocycles. The van der Waals surface area contributed by atoms with Crippen LogP contribution in [0.3, 0.4) is 0 Å². The number of hydrogen-bond acceptors (Lipinski definition) is 3. The van der Waals surface area contributed by atoms with Crippen LogP contribution in [0.2, 0.25) is 0 Å².